The van der Waals surface area contributed by atoms with Gasteiger partial charge in [-0.2, -0.15) is 0 Å². The molecule has 1 N–H and O–H groups in total. The van der Waals surface area contributed by atoms with E-state index >= 15 is 0 Å². The second-order valence-corrected chi connectivity index (χ2v) is 7.99. The third-order valence-corrected chi connectivity index (χ3v) is 4.10. The summed E-state index contributed by atoms with van der Waals surface area (Å²) in [6.45, 7) is 10.4. The topological polar surface area (TPSA) is 104 Å². The van der Waals surface area contributed by atoms with Crippen LogP contribution in [0.4, 0.5) is 4.79 Å². The molecular formula is C18H29N3O5. The van der Waals surface area contributed by atoms with E-state index in [1.165, 1.54) is 0 Å². The van der Waals surface area contributed by atoms with Crippen molar-refractivity contribution in [1.29, 1.82) is 0 Å². The van der Waals surface area contributed by atoms with Gasteiger partial charge in [0.1, 0.15) is 11.6 Å². The zero-order chi connectivity index (χ0) is 19.3. The minimum absolute atomic E-state index is 0.0816. The number of amides is 1. The molecule has 1 aliphatic heterocycles. The van der Waals surface area contributed by atoms with Crippen LogP contribution < -0.4 is 5.32 Å². The maximum absolute atomic E-state index is 12.7. The van der Waals surface area contributed by atoms with Crippen molar-refractivity contribution in [3.8, 4) is 0 Å². The third kappa shape index (κ3) is 6.09. The summed E-state index contributed by atoms with van der Waals surface area (Å²) in [4.78, 5) is 24.7. The first-order chi connectivity index (χ1) is 12.2. The van der Waals surface area contributed by atoms with Crippen LogP contribution in [0.1, 0.15) is 64.0 Å². The van der Waals surface area contributed by atoms with Crippen molar-refractivity contribution in [2.24, 2.45) is 11.8 Å². The van der Waals surface area contributed by atoms with Gasteiger partial charge in [-0.05, 0) is 45.4 Å². The lowest BCUT2D eigenvalue weighted by molar-refractivity contribution is 0.0472. The number of aromatic nitrogens is 2. The molecule has 1 saturated heterocycles. The third-order valence-electron chi connectivity index (χ3n) is 4.10. The normalized spacial score (nSPS) is 17.2. The summed E-state index contributed by atoms with van der Waals surface area (Å²) >= 11 is 0. The first kappa shape index (κ1) is 20.4. The average molecular weight is 367 g/mol. The Morgan fingerprint density at radius 3 is 2.46 bits per heavy atom. The van der Waals surface area contributed by atoms with E-state index in [1.807, 2.05) is 13.8 Å². The van der Waals surface area contributed by atoms with Gasteiger partial charge in [0.2, 0.25) is 11.7 Å². The molecule has 1 amide bonds. The highest BCUT2D eigenvalue weighted by atomic mass is 16.6. The SMILES string of the molecule is CC(C)C(NC(=O)OC(C)(C)C)C(=O)c1nnc(CC2CCOCC2)o1. The average Bonchev–Trinajstić information content (AvgIpc) is 2.99. The quantitative estimate of drug-likeness (QED) is 0.771. The molecule has 0 aliphatic carbocycles. The van der Waals surface area contributed by atoms with E-state index in [-0.39, 0.29) is 11.8 Å². The molecule has 1 aliphatic rings. The molecule has 2 heterocycles. The van der Waals surface area contributed by atoms with Crippen molar-refractivity contribution < 1.29 is 23.5 Å². The minimum atomic E-state index is -0.791. The first-order valence-corrected chi connectivity index (χ1v) is 9.09. The van der Waals surface area contributed by atoms with E-state index in [2.05, 4.69) is 15.5 Å². The molecule has 1 aromatic heterocycles. The molecule has 1 atom stereocenters. The lowest BCUT2D eigenvalue weighted by Crippen LogP contribution is -2.46. The number of hydrogen-bond acceptors (Lipinski definition) is 7. The summed E-state index contributed by atoms with van der Waals surface area (Å²) in [5.41, 5.74) is -0.643. The van der Waals surface area contributed by atoms with Crippen LogP contribution in [0.2, 0.25) is 0 Å². The number of ketones is 1. The zero-order valence-corrected chi connectivity index (χ0v) is 16.2. The smallest absolute Gasteiger partial charge is 0.408 e. The Labute approximate surface area is 154 Å². The number of hydrogen-bond donors (Lipinski definition) is 1. The number of nitrogens with zero attached hydrogens (tertiary/aromatic N) is 2. The highest BCUT2D eigenvalue weighted by Gasteiger charge is 2.31. The highest BCUT2D eigenvalue weighted by Crippen LogP contribution is 2.20. The largest absolute Gasteiger partial charge is 0.444 e. The Bertz CT molecular complexity index is 615. The predicted octanol–water partition coefficient (Wildman–Crippen LogP) is 2.77. The fourth-order valence-corrected chi connectivity index (χ4v) is 2.74. The Kier molecular flexibility index (Phi) is 6.75. The van der Waals surface area contributed by atoms with E-state index < -0.39 is 23.5 Å². The van der Waals surface area contributed by atoms with Crippen LogP contribution in [0.15, 0.2) is 4.42 Å². The summed E-state index contributed by atoms with van der Waals surface area (Å²) in [6, 6.07) is -0.791. The molecule has 146 valence electrons. The molecule has 26 heavy (non-hydrogen) atoms. The van der Waals surface area contributed by atoms with Gasteiger partial charge < -0.3 is 19.2 Å². The molecule has 0 radical (unpaired) electrons. The number of alkyl carbamates (subject to hydrolysis) is 1. The van der Waals surface area contributed by atoms with Crippen molar-refractivity contribution in [2.75, 3.05) is 13.2 Å². The first-order valence-electron chi connectivity index (χ1n) is 9.09. The predicted molar refractivity (Wildman–Crippen MR) is 93.9 cm³/mol. The maximum atomic E-state index is 12.7. The number of Topliss-reactive ketones (excluding diaryl/α,β-unsaturated/α-hetero) is 1. The Hall–Kier alpha value is -1.96. The van der Waals surface area contributed by atoms with Crippen LogP contribution in [0.5, 0.6) is 0 Å². The highest BCUT2D eigenvalue weighted by molar-refractivity contribution is 5.97. The van der Waals surface area contributed by atoms with Gasteiger partial charge in [-0.3, -0.25) is 4.79 Å². The lowest BCUT2D eigenvalue weighted by atomic mass is 9.97. The molecule has 0 bridgehead atoms. The van der Waals surface area contributed by atoms with Crippen LogP contribution in [0.25, 0.3) is 0 Å². The van der Waals surface area contributed by atoms with Crippen LogP contribution in [0, 0.1) is 11.8 Å². The van der Waals surface area contributed by atoms with Crippen LogP contribution in [0.3, 0.4) is 0 Å². The molecular weight excluding hydrogens is 338 g/mol. The second-order valence-electron chi connectivity index (χ2n) is 7.99. The molecule has 8 nitrogen and oxygen atoms in total. The fraction of sp³-hybridized carbons (Fsp3) is 0.778. The minimum Gasteiger partial charge on any atom is -0.444 e. The van der Waals surface area contributed by atoms with Crippen molar-refractivity contribution in [1.82, 2.24) is 15.5 Å². The van der Waals surface area contributed by atoms with E-state index in [0.29, 0.717) is 18.2 Å². The zero-order valence-electron chi connectivity index (χ0n) is 16.2. The van der Waals surface area contributed by atoms with Gasteiger partial charge in [-0.25, -0.2) is 4.79 Å². The van der Waals surface area contributed by atoms with E-state index in [0.717, 1.165) is 26.1 Å². The summed E-state index contributed by atoms with van der Waals surface area (Å²) in [7, 11) is 0. The van der Waals surface area contributed by atoms with Crippen molar-refractivity contribution in [3.63, 3.8) is 0 Å². The van der Waals surface area contributed by atoms with Gasteiger partial charge >= 0.3 is 6.09 Å². The summed E-state index contributed by atoms with van der Waals surface area (Å²) < 4.78 is 16.1. The molecule has 0 aromatic carbocycles. The molecule has 1 unspecified atom stereocenters. The van der Waals surface area contributed by atoms with Crippen LogP contribution in [-0.4, -0.2) is 46.9 Å². The monoisotopic (exact) mass is 367 g/mol. The van der Waals surface area contributed by atoms with Gasteiger partial charge in [0.25, 0.3) is 5.89 Å². The van der Waals surface area contributed by atoms with E-state index in [9.17, 15) is 9.59 Å². The Morgan fingerprint density at radius 1 is 1.23 bits per heavy atom. The second kappa shape index (κ2) is 8.62. The Morgan fingerprint density at radius 2 is 1.88 bits per heavy atom. The fourth-order valence-electron chi connectivity index (χ4n) is 2.74. The van der Waals surface area contributed by atoms with Gasteiger partial charge in [0, 0.05) is 19.6 Å². The van der Waals surface area contributed by atoms with Gasteiger partial charge in [0.05, 0.1) is 0 Å². The van der Waals surface area contributed by atoms with Gasteiger partial charge in [-0.15, -0.1) is 10.2 Å². The standard InChI is InChI=1S/C18H29N3O5/c1-11(2)14(19-17(23)26-18(3,4)5)15(22)16-21-20-13(25-16)10-12-6-8-24-9-7-12/h11-12,14H,6-10H2,1-5H3,(H,19,23). The molecule has 2 rings (SSSR count). The maximum Gasteiger partial charge on any atom is 0.408 e. The van der Waals surface area contributed by atoms with Crippen LogP contribution >= 0.6 is 0 Å². The summed E-state index contributed by atoms with van der Waals surface area (Å²) in [5, 5.41) is 10.5. The molecule has 1 fully saturated rings. The summed E-state index contributed by atoms with van der Waals surface area (Å²) in [6.07, 6.45) is 1.88. The number of carbonyl (C=O) groups excluding carboxylic acids is 2. The molecule has 8 heteroatoms. The molecule has 0 saturated carbocycles. The number of carbonyl (C=O) groups is 2. The van der Waals surface area contributed by atoms with Crippen molar-refractivity contribution >= 4 is 11.9 Å². The van der Waals surface area contributed by atoms with Gasteiger partial charge in [-0.1, -0.05) is 13.8 Å². The Balaban J connectivity index is 2.00. The lowest BCUT2D eigenvalue weighted by Gasteiger charge is -2.24. The van der Waals surface area contributed by atoms with E-state index in [1.54, 1.807) is 20.8 Å². The van der Waals surface area contributed by atoms with E-state index in [4.69, 9.17) is 13.9 Å². The molecule has 0 spiro atoms. The van der Waals surface area contributed by atoms with Crippen molar-refractivity contribution in [2.45, 2.75) is 65.5 Å². The van der Waals surface area contributed by atoms with Crippen molar-refractivity contribution in [3.05, 3.63) is 11.8 Å². The number of ether oxygens (including phenoxy) is 2. The van der Waals surface area contributed by atoms with Crippen LogP contribution in [-0.2, 0) is 15.9 Å². The number of rotatable bonds is 6. The van der Waals surface area contributed by atoms with Gasteiger partial charge in [0.15, 0.2) is 0 Å². The number of nitrogens with one attached hydrogen (secondary N) is 1. The summed E-state index contributed by atoms with van der Waals surface area (Å²) in [5.74, 6) is 0.229. The molecule has 1 aromatic rings.